The van der Waals surface area contributed by atoms with Crippen LogP contribution in [0.25, 0.3) is 0 Å². The molecule has 1 aliphatic carbocycles. The fraction of sp³-hybridized carbons (Fsp3) is 0.500. The van der Waals surface area contributed by atoms with Gasteiger partial charge in [-0.05, 0) is 37.0 Å². The maximum Gasteiger partial charge on any atom is 0.124 e. The van der Waals surface area contributed by atoms with Crippen LogP contribution in [0.4, 0.5) is 0 Å². The van der Waals surface area contributed by atoms with E-state index >= 15 is 0 Å². The number of aliphatic hydroxyl groups excluding tert-OH is 2. The summed E-state index contributed by atoms with van der Waals surface area (Å²) < 4.78 is 5.67. The topological polar surface area (TPSA) is 49.7 Å². The summed E-state index contributed by atoms with van der Waals surface area (Å²) in [4.78, 5) is 0. The van der Waals surface area contributed by atoms with Gasteiger partial charge in [-0.1, -0.05) is 12.1 Å². The first-order valence-corrected chi connectivity index (χ1v) is 5.34. The van der Waals surface area contributed by atoms with Crippen molar-refractivity contribution in [3.63, 3.8) is 0 Å². The van der Waals surface area contributed by atoms with Gasteiger partial charge in [0, 0.05) is 0 Å². The molecule has 2 rings (SSSR count). The Morgan fingerprint density at radius 2 is 2.20 bits per heavy atom. The van der Waals surface area contributed by atoms with E-state index in [0.29, 0.717) is 0 Å². The number of benzene rings is 1. The van der Waals surface area contributed by atoms with Gasteiger partial charge >= 0.3 is 0 Å². The maximum absolute atomic E-state index is 9.60. The van der Waals surface area contributed by atoms with Gasteiger partial charge in [0.1, 0.15) is 11.9 Å². The molecule has 0 aromatic heterocycles. The van der Waals surface area contributed by atoms with Crippen molar-refractivity contribution in [1.82, 2.24) is 0 Å². The Morgan fingerprint density at radius 1 is 1.33 bits per heavy atom. The smallest absolute Gasteiger partial charge is 0.124 e. The molecule has 2 N–H and O–H groups in total. The number of aliphatic hydroxyl groups is 2. The second-order valence-electron chi connectivity index (χ2n) is 3.96. The highest BCUT2D eigenvalue weighted by atomic mass is 16.5. The van der Waals surface area contributed by atoms with E-state index < -0.39 is 0 Å². The van der Waals surface area contributed by atoms with E-state index in [1.807, 2.05) is 24.3 Å². The van der Waals surface area contributed by atoms with Crippen molar-refractivity contribution < 1.29 is 14.9 Å². The highest BCUT2D eigenvalue weighted by molar-refractivity contribution is 5.28. The third kappa shape index (κ3) is 2.49. The summed E-state index contributed by atoms with van der Waals surface area (Å²) in [5, 5.41) is 18.6. The Hall–Kier alpha value is -1.06. The Bertz CT molecular complexity index is 324. The van der Waals surface area contributed by atoms with Crippen LogP contribution < -0.4 is 4.74 Å². The highest BCUT2D eigenvalue weighted by Gasteiger charge is 2.26. The van der Waals surface area contributed by atoms with E-state index in [1.165, 1.54) is 0 Å². The second-order valence-corrected chi connectivity index (χ2v) is 3.96. The van der Waals surface area contributed by atoms with Crippen molar-refractivity contribution in [1.29, 1.82) is 0 Å². The molecule has 3 nitrogen and oxygen atoms in total. The molecule has 0 radical (unpaired) electrons. The number of hydrogen-bond donors (Lipinski definition) is 2. The highest BCUT2D eigenvalue weighted by Crippen LogP contribution is 2.25. The summed E-state index contributed by atoms with van der Waals surface area (Å²) in [6.45, 7) is 0.0183. The first-order chi connectivity index (χ1) is 7.29. The Morgan fingerprint density at radius 3 is 2.87 bits per heavy atom. The van der Waals surface area contributed by atoms with Crippen LogP contribution in [0.5, 0.6) is 5.75 Å². The predicted molar refractivity (Wildman–Crippen MR) is 56.6 cm³/mol. The van der Waals surface area contributed by atoms with Crippen LogP contribution in [0.15, 0.2) is 24.3 Å². The lowest BCUT2D eigenvalue weighted by Gasteiger charge is -2.17. The zero-order chi connectivity index (χ0) is 10.7. The normalized spacial score (nSPS) is 25.5. The van der Waals surface area contributed by atoms with Crippen molar-refractivity contribution in [2.45, 2.75) is 38.1 Å². The van der Waals surface area contributed by atoms with Gasteiger partial charge in [0.15, 0.2) is 0 Å². The molecule has 1 aromatic rings. The lowest BCUT2D eigenvalue weighted by molar-refractivity contribution is 0.0603. The molecule has 1 saturated carbocycles. The molecule has 0 unspecified atom stereocenters. The van der Waals surface area contributed by atoms with Crippen LogP contribution in [0.3, 0.4) is 0 Å². The summed E-state index contributed by atoms with van der Waals surface area (Å²) in [6, 6.07) is 7.36. The van der Waals surface area contributed by atoms with Gasteiger partial charge in [-0.25, -0.2) is 0 Å². The summed E-state index contributed by atoms with van der Waals surface area (Å²) >= 11 is 0. The minimum Gasteiger partial charge on any atom is -0.488 e. The fourth-order valence-corrected chi connectivity index (χ4v) is 1.94. The van der Waals surface area contributed by atoms with E-state index in [9.17, 15) is 5.11 Å². The van der Waals surface area contributed by atoms with Gasteiger partial charge in [0.05, 0.1) is 12.7 Å². The molecular formula is C12H16O3. The van der Waals surface area contributed by atoms with E-state index in [2.05, 4.69) is 0 Å². The van der Waals surface area contributed by atoms with E-state index in [1.54, 1.807) is 0 Å². The third-order valence-corrected chi connectivity index (χ3v) is 2.79. The van der Waals surface area contributed by atoms with Gasteiger partial charge in [0.25, 0.3) is 0 Å². The average Bonchev–Trinajstić information content (AvgIpc) is 2.65. The Balaban J connectivity index is 2.03. The first kappa shape index (κ1) is 10.5. The van der Waals surface area contributed by atoms with Crippen LogP contribution in [-0.2, 0) is 6.61 Å². The lowest BCUT2D eigenvalue weighted by atomic mass is 10.2. The molecular weight excluding hydrogens is 192 g/mol. The molecule has 1 aromatic carbocycles. The molecule has 0 amide bonds. The Kier molecular flexibility index (Phi) is 3.23. The summed E-state index contributed by atoms with van der Waals surface area (Å²) in [5.41, 5.74) is 0.833. The predicted octanol–water partition coefficient (Wildman–Crippen LogP) is 1.47. The van der Waals surface area contributed by atoms with Crippen molar-refractivity contribution >= 4 is 0 Å². The van der Waals surface area contributed by atoms with Gasteiger partial charge in [-0.2, -0.15) is 0 Å². The van der Waals surface area contributed by atoms with Crippen molar-refractivity contribution in [3.8, 4) is 5.75 Å². The molecule has 0 aliphatic heterocycles. The zero-order valence-corrected chi connectivity index (χ0v) is 8.60. The average molecular weight is 208 g/mol. The summed E-state index contributed by atoms with van der Waals surface area (Å²) in [6.07, 6.45) is 2.32. The minimum atomic E-state index is -0.345. The van der Waals surface area contributed by atoms with Crippen LogP contribution in [0, 0.1) is 0 Å². The summed E-state index contributed by atoms with van der Waals surface area (Å²) in [7, 11) is 0. The molecule has 3 heteroatoms. The zero-order valence-electron chi connectivity index (χ0n) is 8.60. The van der Waals surface area contributed by atoms with Gasteiger partial charge in [-0.15, -0.1) is 0 Å². The molecule has 15 heavy (non-hydrogen) atoms. The maximum atomic E-state index is 9.60. The Labute approximate surface area is 89.3 Å². The van der Waals surface area contributed by atoms with E-state index in [-0.39, 0.29) is 18.8 Å². The molecule has 0 bridgehead atoms. The quantitative estimate of drug-likeness (QED) is 0.790. The van der Waals surface area contributed by atoms with E-state index in [4.69, 9.17) is 9.84 Å². The molecule has 0 spiro atoms. The lowest BCUT2D eigenvalue weighted by Crippen LogP contribution is -2.25. The molecule has 1 aliphatic rings. The minimum absolute atomic E-state index is 0.0183. The van der Waals surface area contributed by atoms with Crippen LogP contribution >= 0.6 is 0 Å². The summed E-state index contributed by atoms with van der Waals surface area (Å²) in [5.74, 6) is 0.729. The number of rotatable bonds is 3. The van der Waals surface area contributed by atoms with Crippen LogP contribution in [0.1, 0.15) is 24.8 Å². The second kappa shape index (κ2) is 4.64. The SMILES string of the molecule is OCc1cccc(O[C@@H]2CCC[C@H]2O)c1. The largest absolute Gasteiger partial charge is 0.488 e. The number of hydrogen-bond acceptors (Lipinski definition) is 3. The monoisotopic (exact) mass is 208 g/mol. The number of ether oxygens (including phenoxy) is 1. The first-order valence-electron chi connectivity index (χ1n) is 5.34. The van der Waals surface area contributed by atoms with Crippen molar-refractivity contribution in [2.24, 2.45) is 0 Å². The van der Waals surface area contributed by atoms with Gasteiger partial charge in [0.2, 0.25) is 0 Å². The molecule has 2 atom stereocenters. The van der Waals surface area contributed by atoms with Crippen molar-refractivity contribution in [2.75, 3.05) is 0 Å². The van der Waals surface area contributed by atoms with E-state index in [0.717, 1.165) is 30.6 Å². The fourth-order valence-electron chi connectivity index (χ4n) is 1.94. The van der Waals surface area contributed by atoms with Crippen LogP contribution in [0.2, 0.25) is 0 Å². The standard InChI is InChI=1S/C12H16O3/c13-8-9-3-1-4-10(7-9)15-12-6-2-5-11(12)14/h1,3-4,7,11-14H,2,5-6,8H2/t11-,12-/m1/s1. The molecule has 0 saturated heterocycles. The molecule has 0 heterocycles. The van der Waals surface area contributed by atoms with Crippen LogP contribution in [-0.4, -0.2) is 22.4 Å². The molecule has 82 valence electrons. The van der Waals surface area contributed by atoms with Gasteiger partial charge in [-0.3, -0.25) is 0 Å². The third-order valence-electron chi connectivity index (χ3n) is 2.79. The van der Waals surface area contributed by atoms with Gasteiger partial charge < -0.3 is 14.9 Å². The molecule has 1 fully saturated rings. The van der Waals surface area contributed by atoms with Crippen molar-refractivity contribution in [3.05, 3.63) is 29.8 Å².